The Morgan fingerprint density at radius 3 is 3.07 bits per heavy atom. The zero-order valence-electron chi connectivity index (χ0n) is 8.53. The average Bonchev–Trinajstić information content (AvgIpc) is 2.93. The maximum atomic E-state index is 11.4. The Morgan fingerprint density at radius 1 is 1.73 bits per heavy atom. The Hall–Kier alpha value is -1.43. The molecule has 0 radical (unpaired) electrons. The lowest BCUT2D eigenvalue weighted by Gasteiger charge is -2.03. The second-order valence-corrected chi connectivity index (χ2v) is 3.88. The van der Waals surface area contributed by atoms with E-state index < -0.39 is 6.10 Å². The van der Waals surface area contributed by atoms with E-state index in [1.54, 1.807) is 6.92 Å². The molecule has 1 aliphatic carbocycles. The summed E-state index contributed by atoms with van der Waals surface area (Å²) in [5.41, 5.74) is 0. The van der Waals surface area contributed by atoms with Crippen LogP contribution in [0.25, 0.3) is 0 Å². The number of carbonyl (C=O) groups is 1. The number of nitrogens with one attached hydrogen (secondary N) is 2. The molecule has 0 saturated heterocycles. The lowest BCUT2D eigenvalue weighted by Crippen LogP contribution is -2.31. The molecule has 1 amide bonds. The molecule has 0 aromatic carbocycles. The Balaban J connectivity index is 1.93. The largest absolute Gasteiger partial charge is 0.392 e. The van der Waals surface area contributed by atoms with Crippen LogP contribution in [0.15, 0.2) is 0 Å². The molecule has 15 heavy (non-hydrogen) atoms. The topological polar surface area (TPSA) is 90.9 Å². The molecule has 1 aliphatic rings. The van der Waals surface area contributed by atoms with Crippen molar-refractivity contribution < 1.29 is 9.90 Å². The summed E-state index contributed by atoms with van der Waals surface area (Å²) in [6.07, 6.45) is 1.67. The monoisotopic (exact) mass is 210 g/mol. The molecule has 6 heteroatoms. The fraction of sp³-hybridized carbons (Fsp3) is 0.667. The average molecular weight is 210 g/mol. The first-order chi connectivity index (χ1) is 7.16. The summed E-state index contributed by atoms with van der Waals surface area (Å²) >= 11 is 0. The van der Waals surface area contributed by atoms with Crippen molar-refractivity contribution in [2.45, 2.75) is 31.8 Å². The standard InChI is InChI=1S/C9H14N4O2/c1-5(14)4-10-9(15)8-11-7(12-13-8)6-2-3-6/h5-6,14H,2-4H2,1H3,(H,10,15)(H,11,12,13)/t5-/m1/s1. The van der Waals surface area contributed by atoms with Crippen LogP contribution in [0.3, 0.4) is 0 Å². The van der Waals surface area contributed by atoms with Crippen LogP contribution in [0.4, 0.5) is 0 Å². The van der Waals surface area contributed by atoms with Gasteiger partial charge >= 0.3 is 0 Å². The van der Waals surface area contributed by atoms with Crippen molar-refractivity contribution in [3.05, 3.63) is 11.6 Å². The molecule has 1 aromatic heterocycles. The Bertz CT molecular complexity index is 357. The van der Waals surface area contributed by atoms with Crippen LogP contribution in [0, 0.1) is 0 Å². The highest BCUT2D eigenvalue weighted by atomic mass is 16.3. The second kappa shape index (κ2) is 3.98. The molecule has 0 aliphatic heterocycles. The first-order valence-corrected chi connectivity index (χ1v) is 5.05. The van der Waals surface area contributed by atoms with Gasteiger partial charge in [0, 0.05) is 12.5 Å². The number of hydrogen-bond acceptors (Lipinski definition) is 4. The van der Waals surface area contributed by atoms with E-state index in [2.05, 4.69) is 20.5 Å². The molecule has 6 nitrogen and oxygen atoms in total. The van der Waals surface area contributed by atoms with Gasteiger partial charge < -0.3 is 10.4 Å². The summed E-state index contributed by atoms with van der Waals surface area (Å²) in [5.74, 6) is 1.05. The van der Waals surface area contributed by atoms with Crippen LogP contribution in [0.2, 0.25) is 0 Å². The quantitative estimate of drug-likeness (QED) is 0.641. The van der Waals surface area contributed by atoms with E-state index in [1.807, 2.05) is 0 Å². The van der Waals surface area contributed by atoms with E-state index in [-0.39, 0.29) is 18.3 Å². The summed E-state index contributed by atoms with van der Waals surface area (Å²) in [4.78, 5) is 15.5. The van der Waals surface area contributed by atoms with E-state index >= 15 is 0 Å². The van der Waals surface area contributed by atoms with Crippen molar-refractivity contribution in [3.63, 3.8) is 0 Å². The molecule has 0 spiro atoms. The van der Waals surface area contributed by atoms with Gasteiger partial charge in [-0.25, -0.2) is 4.98 Å². The Morgan fingerprint density at radius 2 is 2.47 bits per heavy atom. The number of nitrogens with zero attached hydrogens (tertiary/aromatic N) is 2. The maximum absolute atomic E-state index is 11.4. The zero-order chi connectivity index (χ0) is 10.8. The Labute approximate surface area is 87.1 Å². The van der Waals surface area contributed by atoms with Crippen molar-refractivity contribution in [2.75, 3.05) is 6.54 Å². The molecular weight excluding hydrogens is 196 g/mol. The Kier molecular flexibility index (Phi) is 2.68. The molecular formula is C9H14N4O2. The van der Waals surface area contributed by atoms with Gasteiger partial charge in [0.05, 0.1) is 6.10 Å². The van der Waals surface area contributed by atoms with Gasteiger partial charge in [-0.1, -0.05) is 0 Å². The third-order valence-corrected chi connectivity index (χ3v) is 2.23. The molecule has 1 fully saturated rings. The first kappa shape index (κ1) is 10.1. The van der Waals surface area contributed by atoms with Gasteiger partial charge in [-0.3, -0.25) is 9.89 Å². The number of aliphatic hydroxyl groups excluding tert-OH is 1. The lowest BCUT2D eigenvalue weighted by molar-refractivity contribution is 0.0914. The van der Waals surface area contributed by atoms with E-state index in [4.69, 9.17) is 5.11 Å². The lowest BCUT2D eigenvalue weighted by atomic mass is 10.4. The maximum Gasteiger partial charge on any atom is 0.291 e. The van der Waals surface area contributed by atoms with Crippen LogP contribution in [-0.4, -0.2) is 38.8 Å². The van der Waals surface area contributed by atoms with Gasteiger partial charge in [0.15, 0.2) is 0 Å². The van der Waals surface area contributed by atoms with Crippen LogP contribution < -0.4 is 5.32 Å². The molecule has 0 unspecified atom stereocenters. The number of amides is 1. The van der Waals surface area contributed by atoms with E-state index in [0.29, 0.717) is 5.92 Å². The van der Waals surface area contributed by atoms with Gasteiger partial charge in [0.1, 0.15) is 5.82 Å². The normalized spacial score (nSPS) is 17.5. The van der Waals surface area contributed by atoms with Crippen LogP contribution in [0.5, 0.6) is 0 Å². The summed E-state index contributed by atoms with van der Waals surface area (Å²) in [6, 6.07) is 0. The van der Waals surface area contributed by atoms with E-state index in [0.717, 1.165) is 18.7 Å². The van der Waals surface area contributed by atoms with Crippen molar-refractivity contribution in [1.29, 1.82) is 0 Å². The fourth-order valence-corrected chi connectivity index (χ4v) is 1.23. The van der Waals surface area contributed by atoms with Crippen molar-refractivity contribution in [2.24, 2.45) is 0 Å². The van der Waals surface area contributed by atoms with Crippen molar-refractivity contribution in [3.8, 4) is 0 Å². The number of H-pyrrole nitrogens is 1. The minimum atomic E-state index is -0.559. The molecule has 0 bridgehead atoms. The molecule has 3 N–H and O–H groups in total. The van der Waals surface area contributed by atoms with Gasteiger partial charge in [0.2, 0.25) is 5.82 Å². The number of carbonyl (C=O) groups excluding carboxylic acids is 1. The van der Waals surface area contributed by atoms with Gasteiger partial charge in [0.25, 0.3) is 5.91 Å². The fourth-order valence-electron chi connectivity index (χ4n) is 1.23. The molecule has 2 rings (SSSR count). The molecule has 1 atom stereocenters. The molecule has 1 saturated carbocycles. The van der Waals surface area contributed by atoms with Gasteiger partial charge in [-0.15, -0.1) is 5.10 Å². The predicted octanol–water partition coefficient (Wildman–Crippen LogP) is -0.207. The number of aliphatic hydroxyl groups is 1. The SMILES string of the molecule is C[C@@H](O)CNC(=O)c1n[nH]c(C2CC2)n1. The summed E-state index contributed by atoms with van der Waals surface area (Å²) in [5, 5.41) is 18.1. The number of aromatic nitrogens is 3. The molecule has 82 valence electrons. The van der Waals surface area contributed by atoms with Crippen molar-refractivity contribution >= 4 is 5.91 Å². The van der Waals surface area contributed by atoms with Gasteiger partial charge in [-0.05, 0) is 19.8 Å². The van der Waals surface area contributed by atoms with Gasteiger partial charge in [-0.2, -0.15) is 0 Å². The first-order valence-electron chi connectivity index (χ1n) is 5.05. The highest BCUT2D eigenvalue weighted by molar-refractivity contribution is 5.90. The van der Waals surface area contributed by atoms with E-state index in [9.17, 15) is 4.79 Å². The number of aromatic amines is 1. The van der Waals surface area contributed by atoms with Crippen LogP contribution in [-0.2, 0) is 0 Å². The van der Waals surface area contributed by atoms with Crippen molar-refractivity contribution in [1.82, 2.24) is 20.5 Å². The van der Waals surface area contributed by atoms with Crippen LogP contribution >= 0.6 is 0 Å². The summed E-state index contributed by atoms with van der Waals surface area (Å²) in [6.45, 7) is 1.82. The number of rotatable bonds is 4. The molecule has 1 heterocycles. The highest BCUT2D eigenvalue weighted by Crippen LogP contribution is 2.37. The predicted molar refractivity (Wildman–Crippen MR) is 52.4 cm³/mol. The molecule has 1 aromatic rings. The number of hydrogen-bond donors (Lipinski definition) is 3. The van der Waals surface area contributed by atoms with Crippen LogP contribution in [0.1, 0.15) is 42.1 Å². The third-order valence-electron chi connectivity index (χ3n) is 2.23. The highest BCUT2D eigenvalue weighted by Gasteiger charge is 2.28. The minimum absolute atomic E-state index is 0.151. The summed E-state index contributed by atoms with van der Waals surface area (Å²) < 4.78 is 0. The third kappa shape index (κ3) is 2.53. The zero-order valence-corrected chi connectivity index (χ0v) is 8.53. The second-order valence-electron chi connectivity index (χ2n) is 3.88. The smallest absolute Gasteiger partial charge is 0.291 e. The summed E-state index contributed by atoms with van der Waals surface area (Å²) in [7, 11) is 0. The van der Waals surface area contributed by atoms with E-state index in [1.165, 1.54) is 0 Å². The minimum Gasteiger partial charge on any atom is -0.392 e.